The van der Waals surface area contributed by atoms with E-state index in [1.165, 1.54) is 0 Å². The van der Waals surface area contributed by atoms with Crippen LogP contribution in [0.4, 0.5) is 0 Å². The predicted molar refractivity (Wildman–Crippen MR) is 55.0 cm³/mol. The summed E-state index contributed by atoms with van der Waals surface area (Å²) in [4.78, 5) is 0. The molecule has 0 aromatic rings. The Morgan fingerprint density at radius 3 is 2.71 bits per heavy atom. The van der Waals surface area contributed by atoms with Crippen LogP contribution in [0.5, 0.6) is 0 Å². The van der Waals surface area contributed by atoms with Gasteiger partial charge in [-0.25, -0.2) is 0 Å². The van der Waals surface area contributed by atoms with E-state index >= 15 is 0 Å². The highest BCUT2D eigenvalue weighted by molar-refractivity contribution is 5.08. The van der Waals surface area contributed by atoms with E-state index in [2.05, 4.69) is 0 Å². The van der Waals surface area contributed by atoms with Crippen molar-refractivity contribution in [2.75, 3.05) is 6.61 Å². The maximum Gasteiger partial charge on any atom is 0.163 e. The molecule has 14 heavy (non-hydrogen) atoms. The Morgan fingerprint density at radius 1 is 1.64 bits per heavy atom. The minimum atomic E-state index is -0.487. The highest BCUT2D eigenvalue weighted by atomic mass is 16.7. The SMILES string of the molecule is CCC(O)/C(C)=C/[C@H]1COC(C)(C)O1. The van der Waals surface area contributed by atoms with Gasteiger partial charge >= 0.3 is 0 Å². The molecule has 1 saturated heterocycles. The van der Waals surface area contributed by atoms with Crippen molar-refractivity contribution in [2.24, 2.45) is 0 Å². The Balaban J connectivity index is 2.53. The van der Waals surface area contributed by atoms with Gasteiger partial charge in [0.25, 0.3) is 0 Å². The van der Waals surface area contributed by atoms with Crippen LogP contribution in [-0.4, -0.2) is 29.7 Å². The fourth-order valence-corrected chi connectivity index (χ4v) is 1.52. The summed E-state index contributed by atoms with van der Waals surface area (Å²) in [6, 6.07) is 0. The van der Waals surface area contributed by atoms with Crippen molar-refractivity contribution in [3.63, 3.8) is 0 Å². The molecule has 2 atom stereocenters. The Morgan fingerprint density at radius 2 is 2.29 bits per heavy atom. The third-order valence-electron chi connectivity index (χ3n) is 2.39. The van der Waals surface area contributed by atoms with Gasteiger partial charge < -0.3 is 14.6 Å². The number of hydrogen-bond acceptors (Lipinski definition) is 3. The zero-order valence-electron chi connectivity index (χ0n) is 9.41. The van der Waals surface area contributed by atoms with Crippen LogP contribution in [0, 0.1) is 0 Å². The second-order valence-electron chi connectivity index (χ2n) is 4.20. The molecular formula is C11H20O3. The lowest BCUT2D eigenvalue weighted by atomic mass is 10.1. The largest absolute Gasteiger partial charge is 0.389 e. The molecule has 0 aliphatic carbocycles. The molecule has 0 radical (unpaired) electrons. The van der Waals surface area contributed by atoms with Crippen LogP contribution in [0.25, 0.3) is 0 Å². The maximum absolute atomic E-state index is 9.55. The van der Waals surface area contributed by atoms with Crippen LogP contribution < -0.4 is 0 Å². The highest BCUT2D eigenvalue weighted by Gasteiger charge is 2.31. The molecule has 0 aromatic carbocycles. The molecule has 1 aliphatic rings. The number of ether oxygens (including phenoxy) is 2. The van der Waals surface area contributed by atoms with Crippen LogP contribution in [0.15, 0.2) is 11.6 Å². The Kier molecular flexibility index (Phi) is 3.70. The van der Waals surface area contributed by atoms with Gasteiger partial charge in [-0.15, -0.1) is 0 Å². The van der Waals surface area contributed by atoms with E-state index in [1.807, 2.05) is 33.8 Å². The topological polar surface area (TPSA) is 38.7 Å². The van der Waals surface area contributed by atoms with Gasteiger partial charge in [0.05, 0.1) is 12.7 Å². The van der Waals surface area contributed by atoms with Gasteiger partial charge in [-0.1, -0.05) is 13.0 Å². The van der Waals surface area contributed by atoms with E-state index in [0.29, 0.717) is 6.61 Å². The molecule has 0 bridgehead atoms. The average molecular weight is 200 g/mol. The van der Waals surface area contributed by atoms with Crippen molar-refractivity contribution < 1.29 is 14.6 Å². The fraction of sp³-hybridized carbons (Fsp3) is 0.818. The van der Waals surface area contributed by atoms with Crippen molar-refractivity contribution >= 4 is 0 Å². The summed E-state index contributed by atoms with van der Waals surface area (Å²) in [6.45, 7) is 8.24. The molecule has 1 rings (SSSR count). The van der Waals surface area contributed by atoms with Gasteiger partial charge in [-0.3, -0.25) is 0 Å². The second kappa shape index (κ2) is 4.43. The van der Waals surface area contributed by atoms with E-state index in [9.17, 15) is 5.11 Å². The number of aliphatic hydroxyl groups excluding tert-OH is 1. The normalized spacial score (nSPS) is 29.2. The summed E-state index contributed by atoms with van der Waals surface area (Å²) in [5.74, 6) is -0.487. The minimum Gasteiger partial charge on any atom is -0.389 e. The lowest BCUT2D eigenvalue weighted by molar-refractivity contribution is -0.133. The van der Waals surface area contributed by atoms with Gasteiger partial charge in [-0.2, -0.15) is 0 Å². The Labute approximate surface area is 85.7 Å². The van der Waals surface area contributed by atoms with Crippen LogP contribution in [0.1, 0.15) is 34.1 Å². The van der Waals surface area contributed by atoms with Crippen LogP contribution in [-0.2, 0) is 9.47 Å². The molecule has 0 amide bonds. The molecule has 1 unspecified atom stereocenters. The minimum absolute atomic E-state index is 0.0220. The van der Waals surface area contributed by atoms with E-state index in [1.54, 1.807) is 0 Å². The monoisotopic (exact) mass is 200 g/mol. The molecule has 0 spiro atoms. The molecular weight excluding hydrogens is 180 g/mol. The molecule has 1 aliphatic heterocycles. The third-order valence-corrected chi connectivity index (χ3v) is 2.39. The maximum atomic E-state index is 9.55. The van der Waals surface area contributed by atoms with Crippen molar-refractivity contribution in [3.05, 3.63) is 11.6 Å². The van der Waals surface area contributed by atoms with Crippen molar-refractivity contribution in [1.29, 1.82) is 0 Å². The smallest absolute Gasteiger partial charge is 0.163 e. The van der Waals surface area contributed by atoms with Crippen LogP contribution in [0.3, 0.4) is 0 Å². The van der Waals surface area contributed by atoms with E-state index in [-0.39, 0.29) is 12.2 Å². The lowest BCUT2D eigenvalue weighted by Gasteiger charge is -2.16. The lowest BCUT2D eigenvalue weighted by Crippen LogP contribution is -2.21. The first-order valence-electron chi connectivity index (χ1n) is 5.13. The Bertz CT molecular complexity index is 221. The van der Waals surface area contributed by atoms with E-state index in [0.717, 1.165) is 12.0 Å². The summed E-state index contributed by atoms with van der Waals surface area (Å²) >= 11 is 0. The van der Waals surface area contributed by atoms with Gasteiger partial charge in [0, 0.05) is 0 Å². The Hall–Kier alpha value is -0.380. The first-order chi connectivity index (χ1) is 6.44. The molecule has 0 aromatic heterocycles. The van der Waals surface area contributed by atoms with Gasteiger partial charge in [0.15, 0.2) is 5.79 Å². The third kappa shape index (κ3) is 3.08. The summed E-state index contributed by atoms with van der Waals surface area (Å²) in [7, 11) is 0. The molecule has 0 saturated carbocycles. The summed E-state index contributed by atoms with van der Waals surface area (Å²) in [5.41, 5.74) is 0.957. The van der Waals surface area contributed by atoms with Crippen LogP contribution >= 0.6 is 0 Å². The zero-order chi connectivity index (χ0) is 10.8. The van der Waals surface area contributed by atoms with Crippen molar-refractivity contribution in [2.45, 2.75) is 52.1 Å². The van der Waals surface area contributed by atoms with Crippen LogP contribution in [0.2, 0.25) is 0 Å². The van der Waals surface area contributed by atoms with Gasteiger partial charge in [0.2, 0.25) is 0 Å². The van der Waals surface area contributed by atoms with Gasteiger partial charge in [-0.05, 0) is 32.8 Å². The summed E-state index contributed by atoms with van der Waals surface area (Å²) < 4.78 is 11.0. The van der Waals surface area contributed by atoms with Crippen molar-refractivity contribution in [3.8, 4) is 0 Å². The first-order valence-corrected chi connectivity index (χ1v) is 5.13. The van der Waals surface area contributed by atoms with Gasteiger partial charge in [0.1, 0.15) is 6.10 Å². The zero-order valence-corrected chi connectivity index (χ0v) is 9.41. The predicted octanol–water partition coefficient (Wildman–Crippen LogP) is 1.86. The average Bonchev–Trinajstić information content (AvgIpc) is 2.44. The molecule has 1 heterocycles. The molecule has 1 N–H and O–H groups in total. The van der Waals surface area contributed by atoms with Crippen molar-refractivity contribution in [1.82, 2.24) is 0 Å². The quantitative estimate of drug-likeness (QED) is 0.707. The molecule has 3 nitrogen and oxygen atoms in total. The molecule has 3 heteroatoms. The second-order valence-corrected chi connectivity index (χ2v) is 4.20. The number of hydrogen-bond donors (Lipinski definition) is 1. The fourth-order valence-electron chi connectivity index (χ4n) is 1.52. The number of rotatable bonds is 3. The van der Waals surface area contributed by atoms with E-state index < -0.39 is 5.79 Å². The summed E-state index contributed by atoms with van der Waals surface area (Å²) in [6.07, 6.45) is 2.30. The molecule has 1 fully saturated rings. The summed E-state index contributed by atoms with van der Waals surface area (Å²) in [5, 5.41) is 9.55. The molecule has 82 valence electrons. The number of aliphatic hydroxyl groups is 1. The standard InChI is InChI=1S/C11H20O3/c1-5-10(12)8(2)6-9-7-13-11(3,4)14-9/h6,9-10,12H,5,7H2,1-4H3/b8-6+/t9-,10?/m0/s1. The van der Waals surface area contributed by atoms with E-state index in [4.69, 9.17) is 9.47 Å². The highest BCUT2D eigenvalue weighted by Crippen LogP contribution is 2.24. The first kappa shape index (κ1) is 11.7.